The number of imidazole rings is 1. The number of hydrogen-bond acceptors (Lipinski definition) is 8. The standard InChI is InChI=1S/C25H28F2N6O4/c26-22(27)23-28-17-4-1-2-5-18(17)33(23)20-14-21(30-25(29-20)31-9-12-35-13-10-31)37-16-7-8-32(15-16)24(34)19-6-3-11-36-19/h1-2,4-5,14,16,19,22H,3,6-13,15H2/t16-,19-/m0/s1. The van der Waals surface area contributed by atoms with Gasteiger partial charge in [0.2, 0.25) is 11.8 Å². The Morgan fingerprint density at radius 2 is 1.89 bits per heavy atom. The second-order valence-corrected chi connectivity index (χ2v) is 9.37. The normalized spacial score (nSPS) is 22.4. The van der Waals surface area contributed by atoms with Gasteiger partial charge in [-0.15, -0.1) is 0 Å². The van der Waals surface area contributed by atoms with Crippen LogP contribution >= 0.6 is 0 Å². The van der Waals surface area contributed by atoms with Crippen LogP contribution in [-0.4, -0.2) is 88.5 Å². The fraction of sp³-hybridized carbons (Fsp3) is 0.520. The molecule has 1 amide bonds. The lowest BCUT2D eigenvalue weighted by Crippen LogP contribution is -2.38. The number of nitrogens with zero attached hydrogens (tertiary/aromatic N) is 6. The predicted molar refractivity (Wildman–Crippen MR) is 129 cm³/mol. The van der Waals surface area contributed by atoms with Gasteiger partial charge in [0.1, 0.15) is 18.0 Å². The number of likely N-dealkylation sites (tertiary alicyclic amines) is 1. The summed E-state index contributed by atoms with van der Waals surface area (Å²) in [5, 5.41) is 0. The topological polar surface area (TPSA) is 94.8 Å². The minimum Gasteiger partial charge on any atom is -0.472 e. The summed E-state index contributed by atoms with van der Waals surface area (Å²) < 4.78 is 46.7. The molecule has 3 aliphatic heterocycles. The Kier molecular flexibility index (Phi) is 6.59. The number of fused-ring (bicyclic) bond motifs is 1. The van der Waals surface area contributed by atoms with Gasteiger partial charge in [0.25, 0.3) is 12.3 Å². The van der Waals surface area contributed by atoms with E-state index in [-0.39, 0.29) is 29.8 Å². The molecule has 3 aromatic rings. The van der Waals surface area contributed by atoms with Crippen molar-refractivity contribution >= 4 is 22.9 Å². The quantitative estimate of drug-likeness (QED) is 0.496. The van der Waals surface area contributed by atoms with Gasteiger partial charge in [0, 0.05) is 38.7 Å². The maximum absolute atomic E-state index is 14.0. The Labute approximate surface area is 212 Å². The summed E-state index contributed by atoms with van der Waals surface area (Å²) in [6.07, 6.45) is -1.18. The molecule has 10 nitrogen and oxygen atoms in total. The van der Waals surface area contributed by atoms with Crippen LogP contribution in [0.3, 0.4) is 0 Å². The molecular weight excluding hydrogens is 486 g/mol. The second kappa shape index (κ2) is 10.2. The number of aromatic nitrogens is 4. The van der Waals surface area contributed by atoms with Crippen LogP contribution in [0.5, 0.6) is 5.88 Å². The number of carbonyl (C=O) groups excluding carboxylic acids is 1. The summed E-state index contributed by atoms with van der Waals surface area (Å²) in [4.78, 5) is 29.9. The van der Waals surface area contributed by atoms with Gasteiger partial charge in [0.05, 0.1) is 30.8 Å². The highest BCUT2D eigenvalue weighted by Gasteiger charge is 2.34. The lowest BCUT2D eigenvalue weighted by Gasteiger charge is -2.27. The summed E-state index contributed by atoms with van der Waals surface area (Å²) in [6.45, 7) is 3.78. The lowest BCUT2D eigenvalue weighted by molar-refractivity contribution is -0.140. The number of rotatable bonds is 6. The fourth-order valence-electron chi connectivity index (χ4n) is 5.08. The van der Waals surface area contributed by atoms with Crippen molar-refractivity contribution in [3.63, 3.8) is 0 Å². The summed E-state index contributed by atoms with van der Waals surface area (Å²) in [6, 6.07) is 8.52. The highest BCUT2D eigenvalue weighted by Crippen LogP contribution is 2.30. The summed E-state index contributed by atoms with van der Waals surface area (Å²) >= 11 is 0. The van der Waals surface area contributed by atoms with E-state index in [9.17, 15) is 13.6 Å². The number of halogens is 2. The summed E-state index contributed by atoms with van der Waals surface area (Å²) in [7, 11) is 0. The number of morpholine rings is 1. The Bertz CT molecular complexity index is 1280. The number of anilines is 1. The van der Waals surface area contributed by atoms with Crippen LogP contribution in [0, 0.1) is 0 Å². The minimum atomic E-state index is -2.80. The van der Waals surface area contributed by atoms with E-state index in [1.54, 1.807) is 35.2 Å². The molecule has 0 N–H and O–H groups in total. The first kappa shape index (κ1) is 24.0. The van der Waals surface area contributed by atoms with Crippen LogP contribution < -0.4 is 9.64 Å². The number of hydrogen-bond donors (Lipinski definition) is 0. The molecule has 3 saturated heterocycles. The maximum atomic E-state index is 14.0. The SMILES string of the molecule is O=C([C@@H]1CCCO1)N1CC[C@H](Oc2cc(-n3c(C(F)F)nc4ccccc43)nc(N3CCOCC3)n2)C1. The van der Waals surface area contributed by atoms with Crippen molar-refractivity contribution < 1.29 is 27.8 Å². The average molecular weight is 515 g/mol. The molecule has 3 fully saturated rings. The first-order valence-electron chi connectivity index (χ1n) is 12.6. The van der Waals surface area contributed by atoms with Gasteiger partial charge in [-0.25, -0.2) is 13.8 Å². The van der Waals surface area contributed by atoms with E-state index >= 15 is 0 Å². The van der Waals surface area contributed by atoms with E-state index in [0.29, 0.717) is 69.4 Å². The van der Waals surface area contributed by atoms with Crippen LogP contribution in [0.4, 0.5) is 14.7 Å². The summed E-state index contributed by atoms with van der Waals surface area (Å²) in [5.41, 5.74) is 0.968. The molecule has 0 aliphatic carbocycles. The molecular formula is C25H28F2N6O4. The molecule has 0 unspecified atom stereocenters. The van der Waals surface area contributed by atoms with E-state index in [2.05, 4.69) is 15.0 Å². The smallest absolute Gasteiger partial charge is 0.296 e. The molecule has 3 aliphatic rings. The predicted octanol–water partition coefficient (Wildman–Crippen LogP) is 2.75. The highest BCUT2D eigenvalue weighted by molar-refractivity contribution is 5.81. The third-order valence-corrected chi connectivity index (χ3v) is 6.93. The number of amides is 1. The number of alkyl halides is 2. The Balaban J connectivity index is 1.33. The van der Waals surface area contributed by atoms with Gasteiger partial charge in [0.15, 0.2) is 5.82 Å². The fourth-order valence-corrected chi connectivity index (χ4v) is 5.08. The maximum Gasteiger partial charge on any atom is 0.296 e. The Morgan fingerprint density at radius 3 is 2.68 bits per heavy atom. The number of ether oxygens (including phenoxy) is 3. The van der Waals surface area contributed by atoms with Crippen LogP contribution in [0.25, 0.3) is 16.9 Å². The second-order valence-electron chi connectivity index (χ2n) is 9.37. The number of para-hydroxylation sites is 2. The Morgan fingerprint density at radius 1 is 1.05 bits per heavy atom. The molecule has 0 bridgehead atoms. The van der Waals surface area contributed by atoms with Gasteiger partial charge >= 0.3 is 0 Å². The van der Waals surface area contributed by atoms with Crippen molar-refractivity contribution in [2.24, 2.45) is 0 Å². The number of benzene rings is 1. The number of carbonyl (C=O) groups is 1. The van der Waals surface area contributed by atoms with Gasteiger partial charge in [-0.05, 0) is 25.0 Å². The van der Waals surface area contributed by atoms with Gasteiger partial charge in [-0.2, -0.15) is 9.97 Å². The van der Waals surface area contributed by atoms with Crippen LogP contribution in [-0.2, 0) is 14.3 Å². The third kappa shape index (κ3) is 4.82. The highest BCUT2D eigenvalue weighted by atomic mass is 19.3. The molecule has 2 aromatic heterocycles. The van der Waals surface area contributed by atoms with Crippen molar-refractivity contribution in [1.82, 2.24) is 24.4 Å². The van der Waals surface area contributed by atoms with Crippen molar-refractivity contribution in [3.8, 4) is 11.7 Å². The summed E-state index contributed by atoms with van der Waals surface area (Å²) in [5.74, 6) is 0.487. The molecule has 37 heavy (non-hydrogen) atoms. The van der Waals surface area contributed by atoms with E-state index in [1.807, 2.05) is 4.90 Å². The molecule has 2 atom stereocenters. The van der Waals surface area contributed by atoms with Crippen LogP contribution in [0.2, 0.25) is 0 Å². The van der Waals surface area contributed by atoms with Crippen LogP contribution in [0.1, 0.15) is 31.5 Å². The van der Waals surface area contributed by atoms with Gasteiger partial charge < -0.3 is 24.0 Å². The van der Waals surface area contributed by atoms with Gasteiger partial charge in [-0.3, -0.25) is 9.36 Å². The van der Waals surface area contributed by atoms with E-state index < -0.39 is 12.2 Å². The van der Waals surface area contributed by atoms with Gasteiger partial charge in [-0.1, -0.05) is 12.1 Å². The Hall–Kier alpha value is -3.38. The first-order chi connectivity index (χ1) is 18.1. The van der Waals surface area contributed by atoms with Crippen LogP contribution in [0.15, 0.2) is 30.3 Å². The third-order valence-electron chi connectivity index (χ3n) is 6.93. The molecule has 5 heterocycles. The molecule has 0 radical (unpaired) electrons. The zero-order valence-electron chi connectivity index (χ0n) is 20.3. The zero-order valence-corrected chi connectivity index (χ0v) is 20.3. The molecule has 0 spiro atoms. The molecule has 12 heteroatoms. The lowest BCUT2D eigenvalue weighted by atomic mass is 10.2. The van der Waals surface area contributed by atoms with Crippen molar-refractivity contribution in [3.05, 3.63) is 36.2 Å². The molecule has 1 aromatic carbocycles. The van der Waals surface area contributed by atoms with E-state index in [4.69, 9.17) is 14.2 Å². The minimum absolute atomic E-state index is 0.00700. The van der Waals surface area contributed by atoms with Crippen molar-refractivity contribution in [2.75, 3.05) is 50.9 Å². The molecule has 6 rings (SSSR count). The van der Waals surface area contributed by atoms with Crippen molar-refractivity contribution in [1.29, 1.82) is 0 Å². The molecule has 196 valence electrons. The van der Waals surface area contributed by atoms with E-state index in [1.165, 1.54) is 4.57 Å². The average Bonchev–Trinajstić information content (AvgIpc) is 3.69. The largest absolute Gasteiger partial charge is 0.472 e. The van der Waals surface area contributed by atoms with Crippen molar-refractivity contribution in [2.45, 2.75) is 37.9 Å². The first-order valence-corrected chi connectivity index (χ1v) is 12.6. The zero-order chi connectivity index (χ0) is 25.4. The monoisotopic (exact) mass is 514 g/mol. The molecule has 0 saturated carbocycles. The van der Waals surface area contributed by atoms with E-state index in [0.717, 1.165) is 12.8 Å².